The predicted octanol–water partition coefficient (Wildman–Crippen LogP) is 3.71. The Bertz CT molecular complexity index is 519. The SMILES string of the molecule is CC(C)(C)[C@H](N)C(=O)N(Cc1cccs1)Cc1cccs1. The average molecular weight is 322 g/mol. The number of amides is 1. The van der Waals surface area contributed by atoms with E-state index in [1.165, 1.54) is 9.75 Å². The minimum absolute atomic E-state index is 0.0179. The van der Waals surface area contributed by atoms with Crippen molar-refractivity contribution in [3.05, 3.63) is 44.8 Å². The van der Waals surface area contributed by atoms with Crippen LogP contribution in [0.2, 0.25) is 0 Å². The molecule has 0 aromatic carbocycles. The highest BCUT2D eigenvalue weighted by Gasteiger charge is 2.31. The zero-order valence-corrected chi connectivity index (χ0v) is 14.3. The Kier molecular flexibility index (Phi) is 5.19. The largest absolute Gasteiger partial charge is 0.331 e. The average Bonchev–Trinajstić information content (AvgIpc) is 3.08. The lowest BCUT2D eigenvalue weighted by Crippen LogP contribution is -2.49. The van der Waals surface area contributed by atoms with Crippen LogP contribution >= 0.6 is 22.7 Å². The van der Waals surface area contributed by atoms with Crippen LogP contribution < -0.4 is 5.73 Å². The zero-order valence-electron chi connectivity index (χ0n) is 12.7. The van der Waals surface area contributed by atoms with Gasteiger partial charge in [-0.05, 0) is 28.3 Å². The highest BCUT2D eigenvalue weighted by atomic mass is 32.1. The number of hydrogen-bond acceptors (Lipinski definition) is 4. The van der Waals surface area contributed by atoms with E-state index in [9.17, 15) is 4.79 Å². The molecule has 2 aromatic rings. The van der Waals surface area contributed by atoms with Crippen molar-refractivity contribution in [2.45, 2.75) is 39.9 Å². The molecule has 1 atom stereocenters. The summed E-state index contributed by atoms with van der Waals surface area (Å²) >= 11 is 3.34. The van der Waals surface area contributed by atoms with E-state index in [0.717, 1.165) is 0 Å². The molecule has 3 nitrogen and oxygen atoms in total. The summed E-state index contributed by atoms with van der Waals surface area (Å²) in [6.07, 6.45) is 0. The summed E-state index contributed by atoms with van der Waals surface area (Å²) in [4.78, 5) is 17.0. The summed E-state index contributed by atoms with van der Waals surface area (Å²) in [5.74, 6) is 0.0179. The van der Waals surface area contributed by atoms with E-state index < -0.39 is 6.04 Å². The summed E-state index contributed by atoms with van der Waals surface area (Å²) in [6.45, 7) is 7.26. The second-order valence-electron chi connectivity index (χ2n) is 6.20. The molecule has 2 N–H and O–H groups in total. The molecule has 2 aromatic heterocycles. The normalized spacial score (nSPS) is 13.1. The minimum Gasteiger partial charge on any atom is -0.331 e. The van der Waals surface area contributed by atoms with Crippen molar-refractivity contribution >= 4 is 28.6 Å². The van der Waals surface area contributed by atoms with Gasteiger partial charge in [0.05, 0.1) is 19.1 Å². The first-order valence-electron chi connectivity index (χ1n) is 6.97. The lowest BCUT2D eigenvalue weighted by atomic mass is 9.86. The maximum Gasteiger partial charge on any atom is 0.240 e. The van der Waals surface area contributed by atoms with Crippen LogP contribution in [-0.4, -0.2) is 16.8 Å². The first-order chi connectivity index (χ1) is 9.88. The number of carbonyl (C=O) groups is 1. The van der Waals surface area contributed by atoms with Crippen molar-refractivity contribution in [2.24, 2.45) is 11.1 Å². The minimum atomic E-state index is -0.488. The summed E-state index contributed by atoms with van der Waals surface area (Å²) in [7, 11) is 0. The van der Waals surface area contributed by atoms with E-state index in [2.05, 4.69) is 12.1 Å². The van der Waals surface area contributed by atoms with Gasteiger partial charge in [-0.25, -0.2) is 0 Å². The van der Waals surface area contributed by atoms with Gasteiger partial charge in [0, 0.05) is 9.75 Å². The van der Waals surface area contributed by atoms with E-state index in [-0.39, 0.29) is 11.3 Å². The van der Waals surface area contributed by atoms with Crippen LogP contribution in [0, 0.1) is 5.41 Å². The Labute approximate surface area is 134 Å². The molecule has 0 aliphatic heterocycles. The topological polar surface area (TPSA) is 46.3 Å². The zero-order chi connectivity index (χ0) is 15.5. The fraction of sp³-hybridized carbons (Fsp3) is 0.438. The third-order valence-corrected chi connectivity index (χ3v) is 5.09. The standard InChI is InChI=1S/C16H22N2OS2/c1-16(2,3)14(17)15(19)18(10-12-6-4-8-20-12)11-13-7-5-9-21-13/h4-9,14H,10-11,17H2,1-3H3/t14-/m1/s1. The van der Waals surface area contributed by atoms with Gasteiger partial charge in [0.25, 0.3) is 0 Å². The van der Waals surface area contributed by atoms with E-state index >= 15 is 0 Å². The maximum atomic E-state index is 12.8. The molecule has 21 heavy (non-hydrogen) atoms. The monoisotopic (exact) mass is 322 g/mol. The van der Waals surface area contributed by atoms with Gasteiger partial charge < -0.3 is 10.6 Å². The molecule has 1 amide bonds. The smallest absolute Gasteiger partial charge is 0.240 e. The maximum absolute atomic E-state index is 12.8. The molecule has 0 saturated carbocycles. The molecule has 2 heterocycles. The predicted molar refractivity (Wildman–Crippen MR) is 90.3 cm³/mol. The highest BCUT2D eigenvalue weighted by molar-refractivity contribution is 7.10. The lowest BCUT2D eigenvalue weighted by molar-refractivity contribution is -0.136. The van der Waals surface area contributed by atoms with Gasteiger partial charge in [0.15, 0.2) is 0 Å². The fourth-order valence-electron chi connectivity index (χ4n) is 1.96. The molecule has 0 spiro atoms. The summed E-state index contributed by atoms with van der Waals surface area (Å²) < 4.78 is 0. The van der Waals surface area contributed by atoms with Crippen molar-refractivity contribution in [1.29, 1.82) is 0 Å². The molecule has 5 heteroatoms. The molecular formula is C16H22N2OS2. The van der Waals surface area contributed by atoms with Gasteiger partial charge in [-0.1, -0.05) is 32.9 Å². The first kappa shape index (κ1) is 16.2. The number of nitrogens with two attached hydrogens (primary N) is 1. The quantitative estimate of drug-likeness (QED) is 0.912. The number of carbonyl (C=O) groups excluding carboxylic acids is 1. The molecule has 114 valence electrons. The Morgan fingerprint density at radius 3 is 1.95 bits per heavy atom. The fourth-order valence-corrected chi connectivity index (χ4v) is 3.40. The number of nitrogens with zero attached hydrogens (tertiary/aromatic N) is 1. The van der Waals surface area contributed by atoms with Crippen molar-refractivity contribution in [3.8, 4) is 0 Å². The molecule has 0 radical (unpaired) electrons. The van der Waals surface area contributed by atoms with Crippen LogP contribution in [0.1, 0.15) is 30.5 Å². The van der Waals surface area contributed by atoms with Crippen molar-refractivity contribution in [1.82, 2.24) is 4.90 Å². The van der Waals surface area contributed by atoms with Gasteiger partial charge in [0.1, 0.15) is 0 Å². The van der Waals surface area contributed by atoms with E-state index in [1.54, 1.807) is 22.7 Å². The third-order valence-electron chi connectivity index (χ3n) is 3.36. The Morgan fingerprint density at radius 1 is 1.14 bits per heavy atom. The summed E-state index contributed by atoms with van der Waals surface area (Å²) in [5.41, 5.74) is 5.93. The Balaban J connectivity index is 2.16. The third kappa shape index (κ3) is 4.40. The van der Waals surface area contributed by atoms with Crippen LogP contribution in [0.3, 0.4) is 0 Å². The van der Waals surface area contributed by atoms with Gasteiger partial charge in [-0.2, -0.15) is 0 Å². The second-order valence-corrected chi connectivity index (χ2v) is 8.26. The van der Waals surface area contributed by atoms with Crippen molar-refractivity contribution in [2.75, 3.05) is 0 Å². The number of hydrogen-bond donors (Lipinski definition) is 1. The Hall–Kier alpha value is -1.17. The van der Waals surface area contributed by atoms with E-state index in [1.807, 2.05) is 48.6 Å². The molecular weight excluding hydrogens is 300 g/mol. The lowest BCUT2D eigenvalue weighted by Gasteiger charge is -2.31. The van der Waals surface area contributed by atoms with Gasteiger partial charge in [-0.3, -0.25) is 4.79 Å². The molecule has 0 aliphatic rings. The number of rotatable bonds is 5. The second kappa shape index (κ2) is 6.73. The van der Waals surface area contributed by atoms with E-state index in [0.29, 0.717) is 13.1 Å². The highest BCUT2D eigenvalue weighted by Crippen LogP contribution is 2.23. The van der Waals surface area contributed by atoms with Crippen LogP contribution in [0.15, 0.2) is 35.0 Å². The summed E-state index contributed by atoms with van der Waals surface area (Å²) in [5, 5.41) is 4.07. The molecule has 0 bridgehead atoms. The molecule has 0 aliphatic carbocycles. The van der Waals surface area contributed by atoms with E-state index in [4.69, 9.17) is 5.73 Å². The van der Waals surface area contributed by atoms with Crippen LogP contribution in [0.4, 0.5) is 0 Å². The van der Waals surface area contributed by atoms with Crippen LogP contribution in [0.5, 0.6) is 0 Å². The Morgan fingerprint density at radius 2 is 1.62 bits per heavy atom. The van der Waals surface area contributed by atoms with Crippen LogP contribution in [0.25, 0.3) is 0 Å². The molecule has 0 fully saturated rings. The summed E-state index contributed by atoms with van der Waals surface area (Å²) in [6, 6.07) is 7.65. The van der Waals surface area contributed by atoms with Gasteiger partial charge in [0.2, 0.25) is 5.91 Å². The molecule has 0 unspecified atom stereocenters. The van der Waals surface area contributed by atoms with Gasteiger partial charge >= 0.3 is 0 Å². The number of thiophene rings is 2. The van der Waals surface area contributed by atoms with Gasteiger partial charge in [-0.15, -0.1) is 22.7 Å². The molecule has 2 rings (SSSR count). The molecule has 0 saturated heterocycles. The van der Waals surface area contributed by atoms with Crippen molar-refractivity contribution in [3.63, 3.8) is 0 Å². The van der Waals surface area contributed by atoms with Crippen LogP contribution in [-0.2, 0) is 17.9 Å². The first-order valence-corrected chi connectivity index (χ1v) is 8.73. The van der Waals surface area contributed by atoms with Crippen molar-refractivity contribution < 1.29 is 4.79 Å².